The van der Waals surface area contributed by atoms with Gasteiger partial charge >= 0.3 is 11.8 Å². The Labute approximate surface area is 344 Å². The monoisotopic (exact) mass is 816 g/mol. The fourth-order valence-electron chi connectivity index (χ4n) is 7.89. The van der Waals surface area contributed by atoms with Gasteiger partial charge in [-0.05, 0) is 25.5 Å². The van der Waals surface area contributed by atoms with Crippen LogP contribution in [0.4, 0.5) is 5.69 Å². The quantitative estimate of drug-likeness (QED) is 0.0860. The maximum atomic E-state index is 14.4. The number of fused-ring (bicyclic) bond motifs is 14. The first-order chi connectivity index (χ1) is 27.8. The van der Waals surface area contributed by atoms with Gasteiger partial charge in [-0.15, -0.1) is 0 Å². The summed E-state index contributed by atoms with van der Waals surface area (Å²) in [5.74, 6) is -8.14. The van der Waals surface area contributed by atoms with Crippen molar-refractivity contribution in [1.29, 1.82) is 0 Å². The van der Waals surface area contributed by atoms with Gasteiger partial charge in [-0.25, -0.2) is 0 Å². The van der Waals surface area contributed by atoms with Crippen molar-refractivity contribution in [2.75, 3.05) is 12.4 Å². The third kappa shape index (κ3) is 8.96. The van der Waals surface area contributed by atoms with E-state index in [2.05, 4.69) is 10.6 Å². The number of aliphatic hydroxyl groups excluding tert-OH is 2. The maximum Gasteiger partial charge on any atom is 0.312 e. The normalized spacial score (nSPS) is 29.9. The molecule has 0 fully saturated rings. The lowest BCUT2D eigenvalue weighted by atomic mass is 9.78. The molecule has 1 amide bonds. The average molecular weight is 817 g/mol. The Morgan fingerprint density at radius 1 is 0.898 bits per heavy atom. The second kappa shape index (κ2) is 18.2. The van der Waals surface area contributed by atoms with E-state index in [4.69, 9.17) is 18.9 Å². The van der Waals surface area contributed by atoms with Crippen molar-refractivity contribution in [1.82, 2.24) is 5.32 Å². The number of ketones is 1. The van der Waals surface area contributed by atoms with Crippen molar-refractivity contribution >= 4 is 34.1 Å². The summed E-state index contributed by atoms with van der Waals surface area (Å²) in [6.07, 6.45) is 3.61. The van der Waals surface area contributed by atoms with Gasteiger partial charge in [-0.1, -0.05) is 76.3 Å². The Hall–Kier alpha value is -5.41. The fourth-order valence-corrected chi connectivity index (χ4v) is 7.89. The molecule has 3 aromatic carbocycles. The summed E-state index contributed by atoms with van der Waals surface area (Å²) in [6.45, 7) is 12.8. The molecule has 5 bridgehead atoms. The standard InChI is InChI=1S/C45H56N2O12/c1-22-14-13-15-23(2)44(55)47-35-30(21-46-20-29-16-11-10-12-17-29)39(52)32-33(40(35)53)38(51)27(6)42-34(32)43(54)45(8,59-42)57-19-18-31(56-9)24(3)41(58-28(7)48)26(5)37(50)25(4)36(22)49/h10-19,22,24-26,31,36-37,41,46,49-53H,20-21H2,1-9H3,(H,47,55)/b14-13+,19-18+,23-15-/t22-,24-,25+,26-,31-,36-,37+,41+,45-/m0/s1. The van der Waals surface area contributed by atoms with E-state index in [-0.39, 0.29) is 51.0 Å². The lowest BCUT2D eigenvalue weighted by molar-refractivity contribution is -0.160. The summed E-state index contributed by atoms with van der Waals surface area (Å²) in [5, 5.41) is 63.8. The van der Waals surface area contributed by atoms with Crippen LogP contribution in [0.25, 0.3) is 10.8 Å². The van der Waals surface area contributed by atoms with Gasteiger partial charge in [0.1, 0.15) is 23.4 Å². The minimum atomic E-state index is -2.03. The van der Waals surface area contributed by atoms with Gasteiger partial charge in [0.15, 0.2) is 5.75 Å². The second-order valence-corrected chi connectivity index (χ2v) is 15.8. The lowest BCUT2D eigenvalue weighted by Crippen LogP contribution is -2.46. The van der Waals surface area contributed by atoms with Gasteiger partial charge in [0.05, 0.1) is 41.2 Å². The van der Waals surface area contributed by atoms with Crippen molar-refractivity contribution in [3.8, 4) is 23.0 Å². The maximum absolute atomic E-state index is 14.4. The van der Waals surface area contributed by atoms with Crippen molar-refractivity contribution in [3.63, 3.8) is 0 Å². The highest BCUT2D eigenvalue weighted by molar-refractivity contribution is 6.22. The molecule has 0 aliphatic carbocycles. The lowest BCUT2D eigenvalue weighted by Gasteiger charge is -2.38. The first-order valence-corrected chi connectivity index (χ1v) is 19.7. The molecule has 9 atom stereocenters. The molecule has 0 radical (unpaired) electrons. The van der Waals surface area contributed by atoms with E-state index in [0.29, 0.717) is 6.54 Å². The summed E-state index contributed by atoms with van der Waals surface area (Å²) >= 11 is 0. The van der Waals surface area contributed by atoms with Crippen LogP contribution in [0.5, 0.6) is 23.0 Å². The summed E-state index contributed by atoms with van der Waals surface area (Å²) in [4.78, 5) is 40.5. The number of esters is 1. The fraction of sp³-hybridized carbons (Fsp3) is 0.444. The van der Waals surface area contributed by atoms with Crippen LogP contribution in [0.1, 0.15) is 75.5 Å². The first kappa shape index (κ1) is 44.7. The van der Waals surface area contributed by atoms with Gasteiger partial charge in [0.25, 0.3) is 11.7 Å². The molecule has 0 aromatic heterocycles. The summed E-state index contributed by atoms with van der Waals surface area (Å²) in [6, 6.07) is 9.42. The number of phenolic OH excluding ortho intramolecular Hbond substituents is 3. The molecule has 14 heteroatoms. The van der Waals surface area contributed by atoms with Crippen molar-refractivity contribution in [3.05, 3.63) is 88.7 Å². The molecule has 0 saturated carbocycles. The molecule has 0 saturated heterocycles. The van der Waals surface area contributed by atoms with Crippen LogP contribution in [-0.2, 0) is 36.9 Å². The average Bonchev–Trinajstić information content (AvgIpc) is 3.47. The second-order valence-electron chi connectivity index (χ2n) is 15.8. The number of amides is 1. The molecule has 0 unspecified atom stereocenters. The molecule has 318 valence electrons. The molecule has 3 aliphatic rings. The highest BCUT2D eigenvalue weighted by Gasteiger charge is 2.50. The number of carbonyl (C=O) groups is 3. The van der Waals surface area contributed by atoms with Crippen LogP contribution in [0.15, 0.2) is 66.5 Å². The van der Waals surface area contributed by atoms with Gasteiger partial charge in [0.2, 0.25) is 0 Å². The van der Waals surface area contributed by atoms with Gasteiger partial charge in [-0.2, -0.15) is 0 Å². The third-order valence-electron chi connectivity index (χ3n) is 11.6. The number of carbonyl (C=O) groups excluding carboxylic acids is 3. The largest absolute Gasteiger partial charge is 0.507 e. The smallest absolute Gasteiger partial charge is 0.312 e. The number of phenols is 3. The van der Waals surface area contributed by atoms with Crippen LogP contribution in [0, 0.1) is 30.6 Å². The molecule has 7 N–H and O–H groups in total. The Bertz CT molecular complexity index is 2170. The van der Waals surface area contributed by atoms with Crippen LogP contribution in [-0.4, -0.2) is 80.5 Å². The molecule has 3 aromatic rings. The Balaban J connectivity index is 1.68. The molecular weight excluding hydrogens is 760 g/mol. The Kier molecular flexibility index (Phi) is 13.8. The Morgan fingerprint density at radius 3 is 2.22 bits per heavy atom. The number of allylic oxidation sites excluding steroid dienone is 2. The third-order valence-corrected chi connectivity index (χ3v) is 11.6. The van der Waals surface area contributed by atoms with Gasteiger partial charge in [0, 0.05) is 79.8 Å². The van der Waals surface area contributed by atoms with E-state index in [9.17, 15) is 39.9 Å². The van der Waals surface area contributed by atoms with E-state index in [1.54, 1.807) is 39.8 Å². The zero-order valence-electron chi connectivity index (χ0n) is 34.9. The first-order valence-electron chi connectivity index (χ1n) is 19.7. The van der Waals surface area contributed by atoms with Gasteiger partial charge < -0.3 is 55.1 Å². The number of Topliss-reactive ketones (excluding diaryl/α,β-unsaturated/α-hetero) is 1. The highest BCUT2D eigenvalue weighted by atomic mass is 16.7. The number of hydrogen-bond donors (Lipinski definition) is 7. The minimum Gasteiger partial charge on any atom is -0.507 e. The molecule has 0 spiro atoms. The number of rotatable bonds is 6. The molecule has 6 rings (SSSR count). The molecular formula is C45H56N2O12. The molecule has 3 heterocycles. The van der Waals surface area contributed by atoms with Crippen molar-refractivity contribution in [2.24, 2.45) is 23.7 Å². The number of hydrogen-bond acceptors (Lipinski definition) is 13. The van der Waals surface area contributed by atoms with E-state index in [1.165, 1.54) is 53.2 Å². The molecule has 3 aliphatic heterocycles. The zero-order chi connectivity index (χ0) is 43.5. The molecule has 59 heavy (non-hydrogen) atoms. The SMILES string of the molecule is CO[C@H]1/C=C/O[C@@]2(C)Oc3c(C)c(O)c4c(O)c(c(CNCc5ccccc5)c(O)c4c3C2=O)NC(=O)/C(C)=C\C=C\[C@H](C)[C@H](O)[C@@H](C)[C@@H](O)[C@H](C)[C@H](OC(C)=O)[C@H]1C. The number of aliphatic hydroxyl groups is 2. The van der Waals surface area contributed by atoms with Crippen LogP contribution < -0.4 is 15.4 Å². The van der Waals surface area contributed by atoms with Crippen molar-refractivity contribution < 1.29 is 58.9 Å². The van der Waals surface area contributed by atoms with E-state index in [1.807, 2.05) is 30.3 Å². The predicted octanol–water partition coefficient (Wildman–Crippen LogP) is 6.04. The van der Waals surface area contributed by atoms with Crippen LogP contribution in [0.2, 0.25) is 0 Å². The predicted molar refractivity (Wildman–Crippen MR) is 221 cm³/mol. The van der Waals surface area contributed by atoms with E-state index in [0.717, 1.165) is 5.56 Å². The number of aromatic hydroxyl groups is 3. The summed E-state index contributed by atoms with van der Waals surface area (Å²) < 4.78 is 23.6. The zero-order valence-corrected chi connectivity index (χ0v) is 34.9. The number of methoxy groups -OCH3 is 1. The molecule has 14 nitrogen and oxygen atoms in total. The van der Waals surface area contributed by atoms with Gasteiger partial charge in [-0.3, -0.25) is 14.4 Å². The van der Waals surface area contributed by atoms with Crippen LogP contribution in [0.3, 0.4) is 0 Å². The van der Waals surface area contributed by atoms with E-state index < -0.39 is 88.8 Å². The number of nitrogens with one attached hydrogen (secondary N) is 2. The number of benzene rings is 3. The summed E-state index contributed by atoms with van der Waals surface area (Å²) in [5.41, 5.74) is 0.853. The minimum absolute atomic E-state index is 0.0301. The number of ether oxygens (including phenoxy) is 4. The Morgan fingerprint density at radius 2 is 1.58 bits per heavy atom. The van der Waals surface area contributed by atoms with Crippen molar-refractivity contribution in [2.45, 2.75) is 98.7 Å². The topological polar surface area (TPSA) is 213 Å². The van der Waals surface area contributed by atoms with E-state index >= 15 is 0 Å². The highest BCUT2D eigenvalue weighted by Crippen LogP contribution is 2.55. The summed E-state index contributed by atoms with van der Waals surface area (Å²) in [7, 11) is 1.44. The number of anilines is 1. The van der Waals surface area contributed by atoms with Crippen LogP contribution >= 0.6 is 0 Å².